The molecule has 1 aliphatic carbocycles. The Bertz CT molecular complexity index is 669. The Kier molecular flexibility index (Phi) is 7.52. The molecule has 28 heavy (non-hydrogen) atoms. The summed E-state index contributed by atoms with van der Waals surface area (Å²) in [5.41, 5.74) is -0.765. The van der Waals surface area contributed by atoms with Crippen LogP contribution in [-0.2, 0) is 9.59 Å². The normalized spacial score (nSPS) is 19.9. The number of carbonyl (C=O) groups is 2. The van der Waals surface area contributed by atoms with E-state index in [0.717, 1.165) is 44.9 Å². The van der Waals surface area contributed by atoms with Crippen LogP contribution < -0.4 is 10.1 Å². The maximum absolute atomic E-state index is 13.5. The summed E-state index contributed by atoms with van der Waals surface area (Å²) in [5, 5.41) is 3.56. The zero-order valence-electron chi connectivity index (χ0n) is 16.2. The average Bonchev–Trinajstić information content (AvgIpc) is 2.74. The number of likely N-dealkylation sites (tertiary alicyclic amines) is 1. The van der Waals surface area contributed by atoms with E-state index in [9.17, 15) is 9.59 Å². The second-order valence-electron chi connectivity index (χ2n) is 7.81. The van der Waals surface area contributed by atoms with Gasteiger partial charge in [-0.25, -0.2) is 0 Å². The number of piperidine rings is 1. The van der Waals surface area contributed by atoms with Gasteiger partial charge in [0.2, 0.25) is 5.91 Å². The number of ether oxygens (including phenoxy) is 1. The molecule has 0 spiro atoms. The molecule has 7 heteroatoms. The van der Waals surface area contributed by atoms with Gasteiger partial charge in [-0.1, -0.05) is 18.0 Å². The summed E-state index contributed by atoms with van der Waals surface area (Å²) in [4.78, 5) is 26.8. The molecule has 3 rings (SSSR count). The van der Waals surface area contributed by atoms with Crippen molar-refractivity contribution in [1.29, 1.82) is 0 Å². The molecule has 2 amide bonds. The van der Waals surface area contributed by atoms with Gasteiger partial charge in [0.05, 0.1) is 5.75 Å². The van der Waals surface area contributed by atoms with Crippen LogP contribution in [0.25, 0.3) is 0 Å². The summed E-state index contributed by atoms with van der Waals surface area (Å²) in [7, 11) is 0. The monoisotopic (exact) mass is 424 g/mol. The summed E-state index contributed by atoms with van der Waals surface area (Å²) in [6.07, 6.45) is 6.47. The number of hydrogen-bond donors (Lipinski definition) is 2. The van der Waals surface area contributed by atoms with Gasteiger partial charge < -0.3 is 15.0 Å². The van der Waals surface area contributed by atoms with E-state index in [2.05, 4.69) is 17.9 Å². The maximum Gasteiger partial charge on any atom is 0.266 e. The summed E-state index contributed by atoms with van der Waals surface area (Å²) in [6, 6.07) is 7.26. The average molecular weight is 425 g/mol. The highest BCUT2D eigenvalue weighted by atomic mass is 35.5. The fourth-order valence-electron chi connectivity index (χ4n) is 4.15. The molecule has 0 aromatic heterocycles. The second-order valence-corrected chi connectivity index (χ2v) is 8.56. The van der Waals surface area contributed by atoms with E-state index in [1.807, 2.05) is 17.0 Å². The Morgan fingerprint density at radius 3 is 2.39 bits per heavy atom. The molecule has 1 saturated carbocycles. The minimum Gasteiger partial charge on any atom is -0.477 e. The first-order chi connectivity index (χ1) is 13.5. The summed E-state index contributed by atoms with van der Waals surface area (Å²) in [5.74, 6) is 1.39. The molecule has 0 bridgehead atoms. The van der Waals surface area contributed by atoms with Gasteiger partial charge in [-0.2, -0.15) is 12.6 Å². The lowest BCUT2D eigenvalue weighted by Crippen LogP contribution is -2.56. The first kappa shape index (κ1) is 21.3. The fourth-order valence-corrected chi connectivity index (χ4v) is 4.39. The van der Waals surface area contributed by atoms with Gasteiger partial charge in [-0.15, -0.1) is 0 Å². The van der Waals surface area contributed by atoms with E-state index in [4.69, 9.17) is 16.3 Å². The smallest absolute Gasteiger partial charge is 0.266 e. The molecule has 1 heterocycles. The van der Waals surface area contributed by atoms with Crippen LogP contribution in [0, 0.1) is 5.92 Å². The standard InChI is InChI=1S/C21H29ClN2O3S/c22-17-4-6-18(7-5-17)27-21(10-2-1-3-11-21)20(26)24-12-8-16(9-13-24)14-23-19(25)15-28/h4-7,16,28H,1-3,8-15H2,(H,23,25). The van der Waals surface area contributed by atoms with Crippen molar-refractivity contribution in [2.75, 3.05) is 25.4 Å². The largest absolute Gasteiger partial charge is 0.477 e. The van der Waals surface area contributed by atoms with Crippen LogP contribution in [0.1, 0.15) is 44.9 Å². The fraction of sp³-hybridized carbons (Fsp3) is 0.619. The Balaban J connectivity index is 1.62. The maximum atomic E-state index is 13.5. The number of rotatable bonds is 6. The third-order valence-corrected chi connectivity index (χ3v) is 6.35. The van der Waals surface area contributed by atoms with E-state index < -0.39 is 5.60 Å². The van der Waals surface area contributed by atoms with E-state index in [-0.39, 0.29) is 17.6 Å². The minimum absolute atomic E-state index is 0.0423. The van der Waals surface area contributed by atoms with Gasteiger partial charge >= 0.3 is 0 Å². The lowest BCUT2D eigenvalue weighted by molar-refractivity contribution is -0.152. The SMILES string of the molecule is O=C(CS)NCC1CCN(C(=O)C2(Oc3ccc(Cl)cc3)CCCCC2)CC1. The van der Waals surface area contributed by atoms with Crippen LogP contribution in [-0.4, -0.2) is 47.7 Å². The number of halogens is 1. The molecule has 5 nitrogen and oxygen atoms in total. The predicted molar refractivity (Wildman–Crippen MR) is 114 cm³/mol. The molecule has 1 saturated heterocycles. The van der Waals surface area contributed by atoms with E-state index in [0.29, 0.717) is 36.3 Å². The number of nitrogens with zero attached hydrogens (tertiary/aromatic N) is 1. The van der Waals surface area contributed by atoms with Crippen molar-refractivity contribution in [3.8, 4) is 5.75 Å². The molecule has 0 unspecified atom stereocenters. The third-order valence-electron chi connectivity index (χ3n) is 5.81. The van der Waals surface area contributed by atoms with Gasteiger partial charge in [0.25, 0.3) is 5.91 Å². The first-order valence-corrected chi connectivity index (χ1v) is 11.1. The van der Waals surface area contributed by atoms with Gasteiger partial charge in [-0.05, 0) is 68.7 Å². The van der Waals surface area contributed by atoms with Crippen molar-refractivity contribution in [3.63, 3.8) is 0 Å². The lowest BCUT2D eigenvalue weighted by Gasteiger charge is -2.42. The highest BCUT2D eigenvalue weighted by Gasteiger charge is 2.45. The van der Waals surface area contributed by atoms with E-state index >= 15 is 0 Å². The Morgan fingerprint density at radius 1 is 1.14 bits per heavy atom. The Morgan fingerprint density at radius 2 is 1.79 bits per heavy atom. The van der Waals surface area contributed by atoms with Crippen molar-refractivity contribution in [2.24, 2.45) is 5.92 Å². The molecule has 1 aromatic rings. The number of carbonyl (C=O) groups excluding carboxylic acids is 2. The topological polar surface area (TPSA) is 58.6 Å². The first-order valence-electron chi connectivity index (χ1n) is 10.1. The van der Waals surface area contributed by atoms with Crippen LogP contribution in [0.4, 0.5) is 0 Å². The molecule has 2 fully saturated rings. The van der Waals surface area contributed by atoms with E-state index in [1.54, 1.807) is 12.1 Å². The predicted octanol–water partition coefficient (Wildman–Crippen LogP) is 3.71. The molecule has 1 aliphatic heterocycles. The van der Waals surface area contributed by atoms with E-state index in [1.165, 1.54) is 0 Å². The van der Waals surface area contributed by atoms with Crippen LogP contribution >= 0.6 is 24.2 Å². The lowest BCUT2D eigenvalue weighted by atomic mass is 9.82. The van der Waals surface area contributed by atoms with Crippen LogP contribution in [0.2, 0.25) is 5.02 Å². The minimum atomic E-state index is -0.765. The summed E-state index contributed by atoms with van der Waals surface area (Å²) in [6.45, 7) is 2.09. The van der Waals surface area contributed by atoms with Crippen LogP contribution in [0.15, 0.2) is 24.3 Å². The van der Waals surface area contributed by atoms with Crippen molar-refractivity contribution in [1.82, 2.24) is 10.2 Å². The van der Waals surface area contributed by atoms with Crippen molar-refractivity contribution in [3.05, 3.63) is 29.3 Å². The second kappa shape index (κ2) is 9.88. The molecule has 0 radical (unpaired) electrons. The summed E-state index contributed by atoms with van der Waals surface area (Å²) < 4.78 is 6.32. The quantitative estimate of drug-likeness (QED) is 0.684. The van der Waals surface area contributed by atoms with Crippen molar-refractivity contribution < 1.29 is 14.3 Å². The van der Waals surface area contributed by atoms with Gasteiger partial charge in [0.15, 0.2) is 5.60 Å². The zero-order valence-corrected chi connectivity index (χ0v) is 17.8. The highest BCUT2D eigenvalue weighted by Crippen LogP contribution is 2.36. The summed E-state index contributed by atoms with van der Waals surface area (Å²) >= 11 is 9.96. The Hall–Kier alpha value is -1.40. The molecular weight excluding hydrogens is 396 g/mol. The van der Waals surface area contributed by atoms with Crippen LogP contribution in [0.5, 0.6) is 5.75 Å². The van der Waals surface area contributed by atoms with Crippen molar-refractivity contribution >= 4 is 36.0 Å². The van der Waals surface area contributed by atoms with Gasteiger partial charge in [-0.3, -0.25) is 9.59 Å². The number of hydrogen-bond acceptors (Lipinski definition) is 4. The van der Waals surface area contributed by atoms with Crippen LogP contribution in [0.3, 0.4) is 0 Å². The molecule has 154 valence electrons. The third kappa shape index (κ3) is 5.35. The number of nitrogens with one attached hydrogen (secondary N) is 1. The molecule has 2 aliphatic rings. The molecule has 1 aromatic carbocycles. The molecular formula is C21H29ClN2O3S. The Labute approximate surface area is 177 Å². The number of thiol groups is 1. The van der Waals surface area contributed by atoms with Gasteiger partial charge in [0.1, 0.15) is 5.75 Å². The zero-order chi connectivity index (χ0) is 20.0. The highest BCUT2D eigenvalue weighted by molar-refractivity contribution is 7.81. The number of amides is 2. The van der Waals surface area contributed by atoms with Crippen molar-refractivity contribution in [2.45, 2.75) is 50.5 Å². The van der Waals surface area contributed by atoms with Gasteiger partial charge in [0, 0.05) is 24.7 Å². The number of benzene rings is 1. The molecule has 0 atom stereocenters. The molecule has 1 N–H and O–H groups in total.